The van der Waals surface area contributed by atoms with Crippen molar-refractivity contribution in [1.82, 2.24) is 5.43 Å². The maximum Gasteiger partial charge on any atom is 0.228 e. The lowest BCUT2D eigenvalue weighted by Gasteiger charge is -1.84. The van der Waals surface area contributed by atoms with Crippen molar-refractivity contribution < 1.29 is 0 Å². The molecule has 0 amide bonds. The molecule has 1 heterocycles. The second-order valence-corrected chi connectivity index (χ2v) is 6.24. The molecule has 0 radical (unpaired) electrons. The van der Waals surface area contributed by atoms with Gasteiger partial charge in [-0.2, -0.15) is 30.7 Å². The quantitative estimate of drug-likeness (QED) is 0.238. The molecule has 1 aliphatic rings. The number of thiol groups is 1. The van der Waals surface area contributed by atoms with Gasteiger partial charge in [0.2, 0.25) is 9.54 Å². The Balaban J connectivity index is -0.000000239. The monoisotopic (exact) mass is 365 g/mol. The summed E-state index contributed by atoms with van der Waals surface area (Å²) in [6, 6.07) is 0. The van der Waals surface area contributed by atoms with Crippen molar-refractivity contribution in [3.63, 3.8) is 0 Å². The number of thioether (sulfide) groups is 3. The van der Waals surface area contributed by atoms with E-state index in [9.17, 15) is 0 Å². The Morgan fingerprint density at radius 3 is 2.29 bits per heavy atom. The van der Waals surface area contributed by atoms with Gasteiger partial charge in [-0.15, -0.1) is 4.95 Å². The SMILES string of the molecule is C.CCCS.[C-]#[N+]N=C(SC)SC.[C-]#[N+]NC1=NCCS1. The minimum Gasteiger partial charge on any atom is -0.256 e. The van der Waals surface area contributed by atoms with Gasteiger partial charge in [-0.05, 0) is 24.7 Å². The highest BCUT2D eigenvalue weighted by molar-refractivity contribution is 8.38. The predicted octanol–water partition coefficient (Wildman–Crippen LogP) is 4.38. The highest BCUT2D eigenvalue weighted by Gasteiger charge is 2.06. The fourth-order valence-corrected chi connectivity index (χ4v) is 2.24. The molecule has 0 aromatic carbocycles. The molecule has 0 saturated carbocycles. The summed E-state index contributed by atoms with van der Waals surface area (Å²) in [5, 5.41) is 4.26. The Labute approximate surface area is 147 Å². The number of aliphatic imine (C=N–C) groups is 1. The zero-order valence-corrected chi connectivity index (χ0v) is 15.1. The Kier molecular flexibility index (Phi) is 26.5. The molecular formula is C12H23N5S4. The minimum absolute atomic E-state index is 0. The molecule has 0 bridgehead atoms. The van der Waals surface area contributed by atoms with E-state index in [0.717, 1.165) is 27.6 Å². The van der Waals surface area contributed by atoms with E-state index < -0.39 is 0 Å². The molecule has 0 aromatic heterocycles. The zero-order valence-electron chi connectivity index (χ0n) is 11.8. The highest BCUT2D eigenvalue weighted by atomic mass is 32.2. The lowest BCUT2D eigenvalue weighted by Crippen LogP contribution is -2.07. The van der Waals surface area contributed by atoms with Crippen LogP contribution in [0.5, 0.6) is 0 Å². The number of hydrogen-bond donors (Lipinski definition) is 2. The largest absolute Gasteiger partial charge is 0.256 e. The van der Waals surface area contributed by atoms with Crippen LogP contribution in [0.1, 0.15) is 20.8 Å². The van der Waals surface area contributed by atoms with Crippen LogP contribution in [0.3, 0.4) is 0 Å². The van der Waals surface area contributed by atoms with Crippen molar-refractivity contribution in [2.24, 2.45) is 10.1 Å². The summed E-state index contributed by atoms with van der Waals surface area (Å²) in [7, 11) is 0. The summed E-state index contributed by atoms with van der Waals surface area (Å²) in [4.78, 5) is 9.82. The van der Waals surface area contributed by atoms with E-state index in [0.29, 0.717) is 0 Å². The number of amidine groups is 1. The molecule has 0 aliphatic carbocycles. The fraction of sp³-hybridized carbons (Fsp3) is 0.667. The van der Waals surface area contributed by atoms with E-state index in [1.165, 1.54) is 29.9 Å². The van der Waals surface area contributed by atoms with Crippen molar-refractivity contribution in [1.29, 1.82) is 0 Å². The third-order valence-electron chi connectivity index (χ3n) is 1.44. The first-order valence-corrected chi connectivity index (χ1v) is 9.69. The van der Waals surface area contributed by atoms with Crippen molar-refractivity contribution in [3.8, 4) is 0 Å². The number of nitrogens with zero attached hydrogens (tertiary/aromatic N) is 4. The fourth-order valence-electron chi connectivity index (χ4n) is 0.656. The van der Waals surface area contributed by atoms with Gasteiger partial charge in [-0.1, -0.05) is 55.1 Å². The van der Waals surface area contributed by atoms with Gasteiger partial charge in [-0.25, -0.2) is 0 Å². The number of nitrogens with one attached hydrogen (secondary N) is 1. The van der Waals surface area contributed by atoms with Crippen LogP contribution in [0.4, 0.5) is 0 Å². The van der Waals surface area contributed by atoms with Crippen LogP contribution >= 0.6 is 47.9 Å². The van der Waals surface area contributed by atoms with Crippen LogP contribution in [0.25, 0.3) is 9.91 Å². The summed E-state index contributed by atoms with van der Waals surface area (Å²) >= 11 is 8.50. The molecule has 5 nitrogen and oxygen atoms in total. The van der Waals surface area contributed by atoms with Crippen LogP contribution in [-0.4, -0.2) is 40.1 Å². The molecule has 9 heteroatoms. The summed E-state index contributed by atoms with van der Waals surface area (Å²) in [5.74, 6) is 2.03. The molecule has 0 saturated heterocycles. The molecule has 21 heavy (non-hydrogen) atoms. The topological polar surface area (TPSA) is 45.5 Å². The van der Waals surface area contributed by atoms with Crippen molar-refractivity contribution >= 4 is 57.5 Å². The number of rotatable bonds is 1. The first kappa shape index (κ1) is 25.5. The van der Waals surface area contributed by atoms with E-state index in [-0.39, 0.29) is 7.43 Å². The van der Waals surface area contributed by atoms with E-state index in [1.807, 2.05) is 12.5 Å². The van der Waals surface area contributed by atoms with E-state index in [4.69, 9.17) is 13.1 Å². The van der Waals surface area contributed by atoms with Gasteiger partial charge in [0, 0.05) is 5.75 Å². The molecule has 1 aliphatic heterocycles. The average Bonchev–Trinajstić information content (AvgIpc) is 2.99. The van der Waals surface area contributed by atoms with Gasteiger partial charge < -0.3 is 0 Å². The van der Waals surface area contributed by atoms with Crippen LogP contribution < -0.4 is 5.43 Å². The standard InChI is InChI=1S/C4H5N3S.C4H6N2S2.C3H8S.CH4/c1-5-7-4-6-2-3-8-4;1-5-6-4(7-2)8-3;1-2-3-4;/h2-3H2,(H,6,7);2-3H3;4H,2-3H2,1H3;1H4. The van der Waals surface area contributed by atoms with Crippen LogP contribution in [-0.2, 0) is 0 Å². The highest BCUT2D eigenvalue weighted by Crippen LogP contribution is 2.10. The Bertz CT molecular complexity index is 363. The van der Waals surface area contributed by atoms with Gasteiger partial charge in [-0.3, -0.25) is 4.99 Å². The summed E-state index contributed by atoms with van der Waals surface area (Å²) in [5.41, 5.74) is 2.45. The third-order valence-corrected chi connectivity index (χ3v) is 4.63. The Morgan fingerprint density at radius 1 is 1.48 bits per heavy atom. The van der Waals surface area contributed by atoms with E-state index in [1.54, 1.807) is 11.8 Å². The number of hydrogen-bond acceptors (Lipinski definition) is 7. The molecule has 0 unspecified atom stereocenters. The molecule has 0 atom stereocenters. The van der Waals surface area contributed by atoms with Gasteiger partial charge in [0.1, 0.15) is 5.10 Å². The first-order chi connectivity index (χ1) is 9.69. The van der Waals surface area contributed by atoms with Crippen molar-refractivity contribution in [2.75, 3.05) is 30.6 Å². The Hall–Kier alpha value is -0.480. The molecule has 120 valence electrons. The normalized spacial score (nSPS) is 10.9. The van der Waals surface area contributed by atoms with E-state index >= 15 is 0 Å². The maximum absolute atomic E-state index is 6.39. The summed E-state index contributed by atoms with van der Waals surface area (Å²) in [6.45, 7) is 15.7. The lowest BCUT2D eigenvalue weighted by atomic mass is 10.6. The van der Waals surface area contributed by atoms with Crippen LogP contribution in [0.15, 0.2) is 10.1 Å². The van der Waals surface area contributed by atoms with Gasteiger partial charge in [0.25, 0.3) is 0 Å². The smallest absolute Gasteiger partial charge is 0.228 e. The van der Waals surface area contributed by atoms with Crippen LogP contribution in [0, 0.1) is 13.1 Å². The molecule has 1 rings (SSSR count). The summed E-state index contributed by atoms with van der Waals surface area (Å²) < 4.78 is 0.819. The molecule has 0 aromatic rings. The second kappa shape index (κ2) is 21.8. The predicted molar refractivity (Wildman–Crippen MR) is 106 cm³/mol. The molecule has 0 spiro atoms. The molecule has 0 fully saturated rings. The Morgan fingerprint density at radius 2 is 2.05 bits per heavy atom. The molecular weight excluding hydrogens is 342 g/mol. The minimum atomic E-state index is 0. The van der Waals surface area contributed by atoms with Crippen LogP contribution in [0.2, 0.25) is 0 Å². The van der Waals surface area contributed by atoms with E-state index in [2.05, 4.69) is 45.0 Å². The van der Waals surface area contributed by atoms with Crippen molar-refractivity contribution in [3.05, 3.63) is 23.1 Å². The van der Waals surface area contributed by atoms with Crippen molar-refractivity contribution in [2.45, 2.75) is 20.8 Å². The molecule has 1 N–H and O–H groups in total. The average molecular weight is 366 g/mol. The first-order valence-electron chi connectivity index (χ1n) is 5.63. The summed E-state index contributed by atoms with van der Waals surface area (Å²) in [6.07, 6.45) is 4.99. The lowest BCUT2D eigenvalue weighted by molar-refractivity contribution is 1.11. The third kappa shape index (κ3) is 19.5. The van der Waals surface area contributed by atoms with Gasteiger partial charge in [0.15, 0.2) is 0 Å². The second-order valence-electron chi connectivity index (χ2n) is 2.86. The zero-order chi connectivity index (χ0) is 15.6. The van der Waals surface area contributed by atoms with Gasteiger partial charge in [0.05, 0.1) is 6.54 Å². The maximum atomic E-state index is 6.39. The van der Waals surface area contributed by atoms with Gasteiger partial charge >= 0.3 is 0 Å².